The number of rotatable bonds is 7. The van der Waals surface area contributed by atoms with E-state index in [-0.39, 0.29) is 18.0 Å². The second-order valence-corrected chi connectivity index (χ2v) is 5.49. The number of nitrogens with one attached hydrogen (secondary N) is 1. The number of aliphatic carboxylic acids is 1. The molecular weight excluding hydrogens is 248 g/mol. The molecule has 1 atom stereocenters. The minimum absolute atomic E-state index is 0.00704. The van der Waals surface area contributed by atoms with E-state index in [1.54, 1.807) is 18.9 Å². The van der Waals surface area contributed by atoms with Crippen LogP contribution in [0.1, 0.15) is 33.6 Å². The number of carbonyl (C=O) groups excluding carboxylic acids is 1. The monoisotopic (exact) mass is 272 g/mol. The van der Waals surface area contributed by atoms with Crippen molar-refractivity contribution in [3.05, 3.63) is 0 Å². The zero-order valence-corrected chi connectivity index (χ0v) is 12.1. The zero-order chi connectivity index (χ0) is 14.6. The third-order valence-corrected chi connectivity index (χ3v) is 3.63. The van der Waals surface area contributed by atoms with Crippen molar-refractivity contribution in [1.82, 2.24) is 10.2 Å². The number of urea groups is 1. The van der Waals surface area contributed by atoms with Gasteiger partial charge < -0.3 is 20.1 Å². The van der Waals surface area contributed by atoms with Gasteiger partial charge in [0.1, 0.15) is 5.54 Å². The first-order chi connectivity index (χ1) is 8.82. The molecular formula is C13H24N2O4. The number of ether oxygens (including phenoxy) is 1. The molecule has 0 radical (unpaired) electrons. The van der Waals surface area contributed by atoms with Gasteiger partial charge in [-0.15, -0.1) is 0 Å². The van der Waals surface area contributed by atoms with Crippen molar-refractivity contribution in [2.24, 2.45) is 5.92 Å². The largest absolute Gasteiger partial charge is 0.480 e. The lowest BCUT2D eigenvalue weighted by Crippen LogP contribution is -2.58. The van der Waals surface area contributed by atoms with Crippen LogP contribution in [0.15, 0.2) is 0 Å². The van der Waals surface area contributed by atoms with Crippen LogP contribution < -0.4 is 5.32 Å². The molecule has 0 aromatic heterocycles. The molecule has 0 spiro atoms. The smallest absolute Gasteiger partial charge is 0.329 e. The van der Waals surface area contributed by atoms with Gasteiger partial charge in [0, 0.05) is 19.7 Å². The molecule has 0 aliphatic heterocycles. The van der Waals surface area contributed by atoms with Crippen LogP contribution in [0, 0.1) is 5.92 Å². The number of hydrogen-bond donors (Lipinski definition) is 2. The average Bonchev–Trinajstić information content (AvgIpc) is 3.12. The van der Waals surface area contributed by atoms with Crippen molar-refractivity contribution >= 4 is 12.0 Å². The highest BCUT2D eigenvalue weighted by atomic mass is 16.5. The quantitative estimate of drug-likeness (QED) is 0.732. The summed E-state index contributed by atoms with van der Waals surface area (Å²) in [6.45, 7) is 6.24. The van der Waals surface area contributed by atoms with E-state index in [1.165, 1.54) is 0 Å². The molecule has 6 heteroatoms. The number of nitrogens with zero attached hydrogens (tertiary/aromatic N) is 1. The Morgan fingerprint density at radius 1 is 1.47 bits per heavy atom. The molecule has 0 heterocycles. The molecule has 6 nitrogen and oxygen atoms in total. The Kier molecular flexibility index (Phi) is 5.17. The number of amides is 2. The Morgan fingerprint density at radius 2 is 2.05 bits per heavy atom. The van der Waals surface area contributed by atoms with Crippen molar-refractivity contribution < 1.29 is 19.4 Å². The van der Waals surface area contributed by atoms with Crippen molar-refractivity contribution in [3.8, 4) is 0 Å². The zero-order valence-electron chi connectivity index (χ0n) is 12.1. The Labute approximate surface area is 114 Å². The van der Waals surface area contributed by atoms with Gasteiger partial charge in [0.25, 0.3) is 0 Å². The lowest BCUT2D eigenvalue weighted by molar-refractivity contribution is -0.144. The molecule has 0 aromatic rings. The third-order valence-electron chi connectivity index (χ3n) is 3.63. The highest BCUT2D eigenvalue weighted by molar-refractivity contribution is 5.86. The highest BCUT2D eigenvalue weighted by Gasteiger charge is 2.49. The van der Waals surface area contributed by atoms with Crippen LogP contribution in [-0.2, 0) is 9.53 Å². The van der Waals surface area contributed by atoms with Crippen LogP contribution in [0.3, 0.4) is 0 Å². The highest BCUT2D eigenvalue weighted by Crippen LogP contribution is 2.39. The van der Waals surface area contributed by atoms with Gasteiger partial charge >= 0.3 is 12.0 Å². The van der Waals surface area contributed by atoms with Crippen LogP contribution in [-0.4, -0.2) is 53.8 Å². The van der Waals surface area contributed by atoms with Gasteiger partial charge in [-0.05, 0) is 39.5 Å². The first-order valence-electron chi connectivity index (χ1n) is 6.64. The molecule has 1 aliphatic carbocycles. The summed E-state index contributed by atoms with van der Waals surface area (Å²) in [4.78, 5) is 25.2. The fraction of sp³-hybridized carbons (Fsp3) is 0.846. The normalized spacial score (nSPS) is 17.9. The predicted molar refractivity (Wildman–Crippen MR) is 71.0 cm³/mol. The molecule has 0 saturated heterocycles. The molecule has 1 fully saturated rings. The first kappa shape index (κ1) is 15.8. The van der Waals surface area contributed by atoms with E-state index >= 15 is 0 Å². The number of hydrogen-bond acceptors (Lipinski definition) is 3. The van der Waals surface area contributed by atoms with E-state index in [2.05, 4.69) is 5.32 Å². The van der Waals surface area contributed by atoms with Gasteiger partial charge in [0.2, 0.25) is 0 Å². The van der Waals surface area contributed by atoms with Gasteiger partial charge in [-0.25, -0.2) is 9.59 Å². The van der Waals surface area contributed by atoms with E-state index in [9.17, 15) is 14.7 Å². The summed E-state index contributed by atoms with van der Waals surface area (Å²) in [5.41, 5.74) is -1.17. The summed E-state index contributed by atoms with van der Waals surface area (Å²) in [6, 6.07) is -0.351. The van der Waals surface area contributed by atoms with Gasteiger partial charge in [0.15, 0.2) is 0 Å². The third kappa shape index (κ3) is 3.83. The molecule has 2 amide bonds. The predicted octanol–water partition coefficient (Wildman–Crippen LogP) is 1.31. The molecule has 0 aromatic carbocycles. The molecule has 1 aliphatic rings. The molecule has 0 bridgehead atoms. The second kappa shape index (κ2) is 6.23. The van der Waals surface area contributed by atoms with Gasteiger partial charge in [-0.1, -0.05) is 0 Å². The fourth-order valence-electron chi connectivity index (χ4n) is 2.07. The van der Waals surface area contributed by atoms with Gasteiger partial charge in [0.05, 0.1) is 6.61 Å². The van der Waals surface area contributed by atoms with E-state index < -0.39 is 11.5 Å². The van der Waals surface area contributed by atoms with Crippen molar-refractivity contribution in [3.63, 3.8) is 0 Å². The summed E-state index contributed by atoms with van der Waals surface area (Å²) in [7, 11) is 1.57. The molecule has 2 N–H and O–H groups in total. The molecule has 110 valence electrons. The molecule has 19 heavy (non-hydrogen) atoms. The maximum atomic E-state index is 12.2. The van der Waals surface area contributed by atoms with E-state index in [0.29, 0.717) is 13.2 Å². The summed E-state index contributed by atoms with van der Waals surface area (Å²) >= 11 is 0. The minimum atomic E-state index is -1.17. The summed E-state index contributed by atoms with van der Waals surface area (Å²) < 4.78 is 4.97. The van der Waals surface area contributed by atoms with E-state index in [0.717, 1.165) is 12.8 Å². The van der Waals surface area contributed by atoms with Gasteiger partial charge in [-0.2, -0.15) is 0 Å². The Balaban J connectivity index is 2.71. The number of methoxy groups -OCH3 is 1. The fourth-order valence-corrected chi connectivity index (χ4v) is 2.07. The molecule has 1 rings (SSSR count). The molecule has 1 unspecified atom stereocenters. The summed E-state index contributed by atoms with van der Waals surface area (Å²) in [5, 5.41) is 12.0. The topological polar surface area (TPSA) is 78.9 Å². The average molecular weight is 272 g/mol. The minimum Gasteiger partial charge on any atom is -0.480 e. The van der Waals surface area contributed by atoms with Crippen molar-refractivity contribution in [2.75, 3.05) is 20.3 Å². The standard InChI is InChI=1S/C13H24N2O4/c1-9(2)15(7-8-19-4)12(18)14-13(3,11(16)17)10-5-6-10/h9-10H,5-8H2,1-4H3,(H,14,18)(H,16,17). The Morgan fingerprint density at radius 3 is 2.42 bits per heavy atom. The summed E-state index contributed by atoms with van der Waals surface area (Å²) in [6.07, 6.45) is 1.70. The summed E-state index contributed by atoms with van der Waals surface area (Å²) in [5.74, 6) is -0.941. The number of carbonyl (C=O) groups is 2. The maximum absolute atomic E-state index is 12.2. The Hall–Kier alpha value is -1.30. The first-order valence-corrected chi connectivity index (χ1v) is 6.64. The lowest BCUT2D eigenvalue weighted by Gasteiger charge is -2.32. The van der Waals surface area contributed by atoms with E-state index in [1.807, 2.05) is 13.8 Å². The van der Waals surface area contributed by atoms with Crippen LogP contribution >= 0.6 is 0 Å². The van der Waals surface area contributed by atoms with Crippen LogP contribution in [0.4, 0.5) is 4.79 Å². The number of carboxylic acid groups (broad SMARTS) is 1. The van der Waals surface area contributed by atoms with Gasteiger partial charge in [-0.3, -0.25) is 0 Å². The van der Waals surface area contributed by atoms with E-state index in [4.69, 9.17) is 4.74 Å². The van der Waals surface area contributed by atoms with Crippen LogP contribution in [0.2, 0.25) is 0 Å². The molecule has 1 saturated carbocycles. The van der Waals surface area contributed by atoms with Crippen molar-refractivity contribution in [2.45, 2.75) is 45.2 Å². The SMILES string of the molecule is COCCN(C(=O)NC(C)(C(=O)O)C1CC1)C(C)C. The Bertz CT molecular complexity index is 342. The van der Waals surface area contributed by atoms with Crippen LogP contribution in [0.5, 0.6) is 0 Å². The van der Waals surface area contributed by atoms with Crippen molar-refractivity contribution in [1.29, 1.82) is 0 Å². The van der Waals surface area contributed by atoms with Crippen LogP contribution in [0.25, 0.3) is 0 Å². The number of carboxylic acids is 1. The maximum Gasteiger partial charge on any atom is 0.329 e. The lowest BCUT2D eigenvalue weighted by atomic mass is 9.96. The second-order valence-electron chi connectivity index (χ2n) is 5.49.